The zero-order chi connectivity index (χ0) is 14.0. The molecular formula is C15H18O4. The van der Waals surface area contributed by atoms with E-state index in [1.807, 2.05) is 6.07 Å². The molecule has 1 aromatic rings. The first-order chi connectivity index (χ1) is 8.90. The molecule has 1 aliphatic carbocycles. The fourth-order valence-corrected chi connectivity index (χ4v) is 2.04. The predicted molar refractivity (Wildman–Crippen MR) is 70.6 cm³/mol. The number of carboxylic acids is 1. The number of aryl methyl sites for hydroxylation is 1. The molecule has 0 heterocycles. The van der Waals surface area contributed by atoms with Crippen LogP contribution < -0.4 is 4.74 Å². The fraction of sp³-hybridized carbons (Fsp3) is 0.467. The molecule has 1 aromatic carbocycles. The molecule has 19 heavy (non-hydrogen) atoms. The van der Waals surface area contributed by atoms with Crippen LogP contribution in [-0.4, -0.2) is 23.5 Å². The average Bonchev–Trinajstić information content (AvgIpc) is 2.36. The maximum absolute atomic E-state index is 11.7. The molecule has 0 fully saturated rings. The number of hydrogen-bond donors (Lipinski definition) is 1. The highest BCUT2D eigenvalue weighted by Gasteiger charge is 2.28. The summed E-state index contributed by atoms with van der Waals surface area (Å²) in [6.07, 6.45) is 2.36. The number of hydrogen-bond acceptors (Lipinski definition) is 3. The van der Waals surface area contributed by atoms with Crippen LogP contribution in [0.4, 0.5) is 0 Å². The molecule has 0 radical (unpaired) electrons. The van der Waals surface area contributed by atoms with Crippen molar-refractivity contribution in [2.45, 2.75) is 33.1 Å². The second kappa shape index (κ2) is 5.03. The van der Waals surface area contributed by atoms with E-state index in [2.05, 4.69) is 0 Å². The highest BCUT2D eigenvalue weighted by atomic mass is 16.5. The zero-order valence-corrected chi connectivity index (χ0v) is 11.2. The summed E-state index contributed by atoms with van der Waals surface area (Å²) in [5, 5.41) is 9.02. The van der Waals surface area contributed by atoms with Crippen molar-refractivity contribution in [2.75, 3.05) is 6.61 Å². The van der Waals surface area contributed by atoms with E-state index in [0.717, 1.165) is 24.0 Å². The number of ketones is 1. The predicted octanol–water partition coefficient (Wildman–Crippen LogP) is 2.70. The van der Waals surface area contributed by atoms with Crippen molar-refractivity contribution >= 4 is 11.8 Å². The minimum absolute atomic E-state index is 0.106. The second-order valence-electron chi connectivity index (χ2n) is 5.57. The molecule has 1 N–H and O–H groups in total. The lowest BCUT2D eigenvalue weighted by Gasteiger charge is -2.21. The van der Waals surface area contributed by atoms with Gasteiger partial charge >= 0.3 is 5.97 Å². The summed E-state index contributed by atoms with van der Waals surface area (Å²) in [4.78, 5) is 22.7. The van der Waals surface area contributed by atoms with E-state index in [-0.39, 0.29) is 12.4 Å². The van der Waals surface area contributed by atoms with Crippen molar-refractivity contribution in [3.63, 3.8) is 0 Å². The summed E-state index contributed by atoms with van der Waals surface area (Å²) in [7, 11) is 0. The monoisotopic (exact) mass is 262 g/mol. The smallest absolute Gasteiger partial charge is 0.312 e. The van der Waals surface area contributed by atoms with Crippen LogP contribution in [0.3, 0.4) is 0 Å². The Morgan fingerprint density at radius 3 is 2.79 bits per heavy atom. The Bertz CT molecular complexity index is 517. The van der Waals surface area contributed by atoms with Crippen LogP contribution in [0.1, 0.15) is 42.6 Å². The first kappa shape index (κ1) is 13.6. The summed E-state index contributed by atoms with van der Waals surface area (Å²) in [6, 6.07) is 5.37. The summed E-state index contributed by atoms with van der Waals surface area (Å²) < 4.78 is 5.54. The van der Waals surface area contributed by atoms with Crippen LogP contribution in [0.5, 0.6) is 5.75 Å². The number of carbonyl (C=O) groups excluding carboxylic acids is 1. The van der Waals surface area contributed by atoms with Gasteiger partial charge in [0.1, 0.15) is 12.4 Å². The molecule has 2 rings (SSSR count). The molecule has 0 aliphatic heterocycles. The number of Topliss-reactive ketones (excluding diaryl/α,β-unsaturated/α-hetero) is 1. The molecule has 4 nitrogen and oxygen atoms in total. The van der Waals surface area contributed by atoms with Crippen LogP contribution in [0, 0.1) is 5.41 Å². The number of benzene rings is 1. The first-order valence-corrected chi connectivity index (χ1v) is 6.42. The Kier molecular flexibility index (Phi) is 3.60. The number of carbonyl (C=O) groups is 2. The summed E-state index contributed by atoms with van der Waals surface area (Å²) in [5.74, 6) is -0.0814. The van der Waals surface area contributed by atoms with E-state index in [0.29, 0.717) is 12.2 Å². The Labute approximate surface area is 112 Å². The van der Waals surface area contributed by atoms with Crippen LogP contribution in [0.15, 0.2) is 18.2 Å². The molecule has 102 valence electrons. The Morgan fingerprint density at radius 1 is 1.37 bits per heavy atom. The lowest BCUT2D eigenvalue weighted by atomic mass is 9.90. The molecule has 0 atom stereocenters. The van der Waals surface area contributed by atoms with Crippen molar-refractivity contribution in [3.8, 4) is 5.75 Å². The third-order valence-corrected chi connectivity index (χ3v) is 3.41. The lowest BCUT2D eigenvalue weighted by Crippen LogP contribution is -2.30. The molecule has 0 bridgehead atoms. The number of rotatable bonds is 4. The van der Waals surface area contributed by atoms with Gasteiger partial charge in [0.25, 0.3) is 0 Å². The summed E-state index contributed by atoms with van der Waals surface area (Å²) in [5.41, 5.74) is 0.851. The normalized spacial score (nSPS) is 14.9. The van der Waals surface area contributed by atoms with Crippen LogP contribution in [0.25, 0.3) is 0 Å². The quantitative estimate of drug-likeness (QED) is 0.906. The van der Waals surface area contributed by atoms with Gasteiger partial charge in [0, 0.05) is 12.0 Å². The van der Waals surface area contributed by atoms with E-state index < -0.39 is 11.4 Å². The molecule has 1 aliphatic rings. The van der Waals surface area contributed by atoms with Gasteiger partial charge < -0.3 is 9.84 Å². The van der Waals surface area contributed by atoms with Gasteiger partial charge in [-0.25, -0.2) is 0 Å². The van der Waals surface area contributed by atoms with Gasteiger partial charge in [0.05, 0.1) is 5.41 Å². The highest BCUT2D eigenvalue weighted by Crippen LogP contribution is 2.26. The fourth-order valence-electron chi connectivity index (χ4n) is 2.04. The summed E-state index contributed by atoms with van der Waals surface area (Å²) >= 11 is 0. The highest BCUT2D eigenvalue weighted by molar-refractivity contribution is 5.98. The van der Waals surface area contributed by atoms with Crippen molar-refractivity contribution < 1.29 is 19.4 Å². The van der Waals surface area contributed by atoms with Crippen molar-refractivity contribution in [1.29, 1.82) is 0 Å². The molecule has 0 saturated heterocycles. The molecule has 0 aromatic heterocycles. The standard InChI is InChI=1S/C15H18O4/c1-15(2,14(17)18)9-19-11-6-7-12-10(8-11)4-3-5-13(12)16/h6-8H,3-5,9H2,1-2H3,(H,17,18). The number of aliphatic carboxylic acids is 1. The van der Waals surface area contributed by atoms with Crippen LogP contribution in [-0.2, 0) is 11.2 Å². The number of ether oxygens (including phenoxy) is 1. The molecule has 0 unspecified atom stereocenters. The van der Waals surface area contributed by atoms with Crippen LogP contribution >= 0.6 is 0 Å². The topological polar surface area (TPSA) is 63.6 Å². The van der Waals surface area contributed by atoms with Crippen molar-refractivity contribution in [2.24, 2.45) is 5.41 Å². The molecule has 4 heteroatoms. The zero-order valence-electron chi connectivity index (χ0n) is 11.2. The van der Waals surface area contributed by atoms with Gasteiger partial charge in [-0.2, -0.15) is 0 Å². The van der Waals surface area contributed by atoms with E-state index in [4.69, 9.17) is 9.84 Å². The molecule has 0 spiro atoms. The minimum Gasteiger partial charge on any atom is -0.492 e. The Balaban J connectivity index is 2.11. The van der Waals surface area contributed by atoms with Crippen LogP contribution in [0.2, 0.25) is 0 Å². The van der Waals surface area contributed by atoms with Gasteiger partial charge in [-0.15, -0.1) is 0 Å². The van der Waals surface area contributed by atoms with Gasteiger partial charge in [-0.05, 0) is 50.5 Å². The first-order valence-electron chi connectivity index (χ1n) is 6.42. The Hall–Kier alpha value is -1.84. The largest absolute Gasteiger partial charge is 0.492 e. The second-order valence-corrected chi connectivity index (χ2v) is 5.57. The molecule has 0 saturated carbocycles. The molecule has 0 amide bonds. The van der Waals surface area contributed by atoms with E-state index in [9.17, 15) is 9.59 Å². The SMILES string of the molecule is CC(C)(COc1ccc2c(c1)CCCC2=O)C(=O)O. The third-order valence-electron chi connectivity index (χ3n) is 3.41. The van der Waals surface area contributed by atoms with E-state index in [1.165, 1.54) is 0 Å². The van der Waals surface area contributed by atoms with Gasteiger partial charge in [0.2, 0.25) is 0 Å². The number of carboxylic acid groups (broad SMARTS) is 1. The van der Waals surface area contributed by atoms with Gasteiger partial charge in [0.15, 0.2) is 5.78 Å². The third kappa shape index (κ3) is 2.95. The average molecular weight is 262 g/mol. The maximum atomic E-state index is 11.7. The van der Waals surface area contributed by atoms with E-state index >= 15 is 0 Å². The summed E-state index contributed by atoms with van der Waals surface area (Å²) in [6.45, 7) is 3.35. The van der Waals surface area contributed by atoms with Crippen molar-refractivity contribution in [1.82, 2.24) is 0 Å². The maximum Gasteiger partial charge on any atom is 0.312 e. The minimum atomic E-state index is -0.925. The van der Waals surface area contributed by atoms with Crippen molar-refractivity contribution in [3.05, 3.63) is 29.3 Å². The van der Waals surface area contributed by atoms with E-state index in [1.54, 1.807) is 26.0 Å². The Morgan fingerprint density at radius 2 is 2.11 bits per heavy atom. The molecular weight excluding hydrogens is 244 g/mol. The van der Waals surface area contributed by atoms with Gasteiger partial charge in [-0.1, -0.05) is 0 Å². The van der Waals surface area contributed by atoms with Gasteiger partial charge in [-0.3, -0.25) is 9.59 Å². The lowest BCUT2D eigenvalue weighted by molar-refractivity contribution is -0.148. The number of fused-ring (bicyclic) bond motifs is 1.